The molecule has 5 nitrogen and oxygen atoms in total. The molecule has 0 saturated heterocycles. The maximum absolute atomic E-state index is 5.83. The summed E-state index contributed by atoms with van der Waals surface area (Å²) in [6.07, 6.45) is 8.55. The van der Waals surface area contributed by atoms with Crippen LogP contribution in [0, 0.1) is 11.8 Å². The highest BCUT2D eigenvalue weighted by Gasteiger charge is 2.06. The number of nitrogen functional groups attached to an aromatic ring is 1. The first kappa shape index (κ1) is 14.8. The maximum atomic E-state index is 5.83. The zero-order valence-corrected chi connectivity index (χ0v) is 13.2. The molecule has 0 unspecified atom stereocenters. The molecule has 0 radical (unpaired) electrons. The Morgan fingerprint density at radius 2 is 1.68 bits per heavy atom. The molecule has 0 aliphatic rings. The van der Waals surface area contributed by atoms with Crippen molar-refractivity contribution in [3.05, 3.63) is 78.8 Å². The Morgan fingerprint density at radius 3 is 2.56 bits per heavy atom. The Kier molecular flexibility index (Phi) is 3.77. The smallest absolute Gasteiger partial charge is 0.124 e. The fourth-order valence-corrected chi connectivity index (χ4v) is 2.53. The lowest BCUT2D eigenvalue weighted by Gasteiger charge is -2.04. The van der Waals surface area contributed by atoms with Crippen LogP contribution in [0.4, 0.5) is 5.82 Å². The van der Waals surface area contributed by atoms with Crippen LogP contribution in [0.1, 0.15) is 11.3 Å². The first-order valence-electron chi connectivity index (χ1n) is 7.67. The third-order valence-corrected chi connectivity index (χ3v) is 3.75. The molecule has 25 heavy (non-hydrogen) atoms. The van der Waals surface area contributed by atoms with Crippen molar-refractivity contribution in [3.63, 3.8) is 0 Å². The molecule has 4 rings (SSSR count). The van der Waals surface area contributed by atoms with Gasteiger partial charge in [0.25, 0.3) is 0 Å². The highest BCUT2D eigenvalue weighted by molar-refractivity contribution is 5.83. The van der Waals surface area contributed by atoms with E-state index >= 15 is 0 Å². The molecule has 2 N–H and O–H groups in total. The maximum Gasteiger partial charge on any atom is 0.124 e. The monoisotopic (exact) mass is 323 g/mol. The standard InChI is InChI=1S/C20H13N5/c21-20-6-4-18(17-11-23-13-24-12-17)19(25-20)5-2-14-1-3-15-7-8-22-10-16(15)9-14/h1,3-4,6-13H,(H2,21,25). The third-order valence-electron chi connectivity index (χ3n) is 3.75. The molecule has 0 aliphatic carbocycles. The van der Waals surface area contributed by atoms with Crippen molar-refractivity contribution in [1.29, 1.82) is 0 Å². The molecule has 0 aliphatic heterocycles. The second-order valence-corrected chi connectivity index (χ2v) is 5.45. The number of nitrogens with zero attached hydrogens (tertiary/aromatic N) is 4. The van der Waals surface area contributed by atoms with E-state index in [4.69, 9.17) is 5.73 Å². The van der Waals surface area contributed by atoms with E-state index in [9.17, 15) is 0 Å². The van der Waals surface area contributed by atoms with Crippen LogP contribution in [-0.2, 0) is 0 Å². The second kappa shape index (κ2) is 6.38. The van der Waals surface area contributed by atoms with Crippen LogP contribution in [0.2, 0.25) is 0 Å². The summed E-state index contributed by atoms with van der Waals surface area (Å²) < 4.78 is 0. The van der Waals surface area contributed by atoms with Gasteiger partial charge in [0.1, 0.15) is 17.8 Å². The van der Waals surface area contributed by atoms with Crippen molar-refractivity contribution in [2.24, 2.45) is 0 Å². The van der Waals surface area contributed by atoms with Crippen LogP contribution in [0.3, 0.4) is 0 Å². The number of aromatic nitrogens is 4. The molecule has 0 amide bonds. The Hall–Kier alpha value is -3.78. The van der Waals surface area contributed by atoms with Crippen molar-refractivity contribution in [1.82, 2.24) is 19.9 Å². The van der Waals surface area contributed by atoms with Gasteiger partial charge in [-0.1, -0.05) is 12.0 Å². The van der Waals surface area contributed by atoms with E-state index in [1.807, 2.05) is 36.5 Å². The lowest BCUT2D eigenvalue weighted by Crippen LogP contribution is -1.96. The van der Waals surface area contributed by atoms with Gasteiger partial charge in [-0.3, -0.25) is 4.98 Å². The summed E-state index contributed by atoms with van der Waals surface area (Å²) in [5, 5.41) is 2.18. The molecular weight excluding hydrogens is 310 g/mol. The Balaban J connectivity index is 1.78. The number of anilines is 1. The van der Waals surface area contributed by atoms with Gasteiger partial charge in [-0.2, -0.15) is 0 Å². The SMILES string of the molecule is Nc1ccc(-c2cncnc2)c(C#Cc2ccc3ccncc3c2)n1. The van der Waals surface area contributed by atoms with Crippen molar-refractivity contribution >= 4 is 16.6 Å². The highest BCUT2D eigenvalue weighted by atomic mass is 14.8. The molecule has 118 valence electrons. The van der Waals surface area contributed by atoms with Gasteiger partial charge in [-0.15, -0.1) is 0 Å². The van der Waals surface area contributed by atoms with E-state index in [2.05, 4.69) is 31.8 Å². The lowest BCUT2D eigenvalue weighted by atomic mass is 10.1. The summed E-state index contributed by atoms with van der Waals surface area (Å²) >= 11 is 0. The zero-order valence-electron chi connectivity index (χ0n) is 13.2. The highest BCUT2D eigenvalue weighted by Crippen LogP contribution is 2.21. The number of nitrogens with two attached hydrogens (primary N) is 1. The molecule has 0 saturated carbocycles. The quantitative estimate of drug-likeness (QED) is 0.545. The van der Waals surface area contributed by atoms with Gasteiger partial charge in [0, 0.05) is 46.9 Å². The average molecular weight is 323 g/mol. The molecule has 0 spiro atoms. The largest absolute Gasteiger partial charge is 0.384 e. The van der Waals surface area contributed by atoms with Crippen molar-refractivity contribution in [3.8, 4) is 23.0 Å². The number of benzene rings is 1. The molecule has 3 heterocycles. The molecule has 1 aromatic carbocycles. The summed E-state index contributed by atoms with van der Waals surface area (Å²) in [7, 11) is 0. The van der Waals surface area contributed by atoms with Crippen molar-refractivity contribution < 1.29 is 0 Å². The third kappa shape index (κ3) is 3.14. The number of hydrogen-bond donors (Lipinski definition) is 1. The van der Waals surface area contributed by atoms with Gasteiger partial charge >= 0.3 is 0 Å². The van der Waals surface area contributed by atoms with Crippen LogP contribution in [0.15, 0.2) is 67.5 Å². The van der Waals surface area contributed by atoms with Gasteiger partial charge < -0.3 is 5.73 Å². The summed E-state index contributed by atoms with van der Waals surface area (Å²) in [6.45, 7) is 0. The van der Waals surface area contributed by atoms with E-state index in [0.29, 0.717) is 11.5 Å². The fraction of sp³-hybridized carbons (Fsp3) is 0. The summed E-state index contributed by atoms with van der Waals surface area (Å²) in [4.78, 5) is 16.6. The molecule has 3 aromatic heterocycles. The fourth-order valence-electron chi connectivity index (χ4n) is 2.53. The van der Waals surface area contributed by atoms with E-state index in [0.717, 1.165) is 27.5 Å². The van der Waals surface area contributed by atoms with Crippen LogP contribution in [-0.4, -0.2) is 19.9 Å². The van der Waals surface area contributed by atoms with Gasteiger partial charge in [-0.25, -0.2) is 15.0 Å². The Bertz CT molecular complexity index is 1110. The number of fused-ring (bicyclic) bond motifs is 1. The zero-order chi connectivity index (χ0) is 17.1. The van der Waals surface area contributed by atoms with Gasteiger partial charge in [0.2, 0.25) is 0 Å². The normalized spacial score (nSPS) is 10.2. The Labute approximate surface area is 144 Å². The average Bonchev–Trinajstić information content (AvgIpc) is 2.67. The number of pyridine rings is 2. The molecule has 0 fully saturated rings. The second-order valence-electron chi connectivity index (χ2n) is 5.45. The van der Waals surface area contributed by atoms with Crippen molar-refractivity contribution in [2.75, 3.05) is 5.73 Å². The predicted octanol–water partition coefficient (Wildman–Crippen LogP) is 3.07. The topological polar surface area (TPSA) is 77.6 Å². The minimum absolute atomic E-state index is 0.424. The minimum atomic E-state index is 0.424. The molecular formula is C20H13N5. The van der Waals surface area contributed by atoms with Gasteiger partial charge in [-0.05, 0) is 41.6 Å². The number of rotatable bonds is 1. The van der Waals surface area contributed by atoms with Gasteiger partial charge in [0.15, 0.2) is 0 Å². The van der Waals surface area contributed by atoms with Gasteiger partial charge in [0.05, 0.1) is 0 Å². The van der Waals surface area contributed by atoms with Crippen LogP contribution < -0.4 is 5.73 Å². The summed E-state index contributed by atoms with van der Waals surface area (Å²) in [5.74, 6) is 6.69. The van der Waals surface area contributed by atoms with Crippen molar-refractivity contribution in [2.45, 2.75) is 0 Å². The molecule has 5 heteroatoms. The predicted molar refractivity (Wildman–Crippen MR) is 97.4 cm³/mol. The summed E-state index contributed by atoms with van der Waals surface area (Å²) in [5.41, 5.74) is 9.02. The van der Waals surface area contributed by atoms with Crippen LogP contribution in [0.25, 0.3) is 21.9 Å². The van der Waals surface area contributed by atoms with E-state index in [1.54, 1.807) is 24.7 Å². The summed E-state index contributed by atoms with van der Waals surface area (Å²) in [6, 6.07) is 11.6. The molecule has 4 aromatic rings. The Morgan fingerprint density at radius 1 is 0.800 bits per heavy atom. The first-order chi connectivity index (χ1) is 12.3. The number of hydrogen-bond acceptors (Lipinski definition) is 5. The molecule has 0 bridgehead atoms. The van der Waals surface area contributed by atoms with Crippen LogP contribution in [0.5, 0.6) is 0 Å². The first-order valence-corrected chi connectivity index (χ1v) is 7.67. The lowest BCUT2D eigenvalue weighted by molar-refractivity contribution is 1.16. The molecule has 0 atom stereocenters. The van der Waals surface area contributed by atoms with Crippen LogP contribution >= 0.6 is 0 Å². The minimum Gasteiger partial charge on any atom is -0.384 e. The van der Waals surface area contributed by atoms with E-state index < -0.39 is 0 Å². The van der Waals surface area contributed by atoms with E-state index in [-0.39, 0.29) is 0 Å². The van der Waals surface area contributed by atoms with E-state index in [1.165, 1.54) is 6.33 Å².